The van der Waals surface area contributed by atoms with Crippen molar-refractivity contribution >= 4 is 17.2 Å². The molecule has 0 saturated carbocycles. The molecule has 26 heavy (non-hydrogen) atoms. The van der Waals surface area contributed by atoms with E-state index < -0.39 is 0 Å². The molecule has 0 N–H and O–H groups in total. The van der Waals surface area contributed by atoms with Crippen LogP contribution in [0.25, 0.3) is 0 Å². The van der Waals surface area contributed by atoms with Gasteiger partial charge in [0.2, 0.25) is 0 Å². The number of nitrogens with zero attached hydrogens (tertiary/aromatic N) is 5. The number of hydrogen-bond donors (Lipinski definition) is 0. The summed E-state index contributed by atoms with van der Waals surface area (Å²) in [6.07, 6.45) is 6.05. The zero-order chi connectivity index (χ0) is 17.7. The minimum Gasteiger partial charge on any atom is -0.337 e. The van der Waals surface area contributed by atoms with Gasteiger partial charge in [-0.2, -0.15) is 5.10 Å². The molecule has 2 atom stereocenters. The molecule has 0 spiro atoms. The van der Waals surface area contributed by atoms with Crippen LogP contribution >= 0.6 is 11.3 Å². The summed E-state index contributed by atoms with van der Waals surface area (Å²) in [4.78, 5) is 18.9. The average molecular weight is 367 g/mol. The van der Waals surface area contributed by atoms with Gasteiger partial charge in [0.1, 0.15) is 5.69 Å². The lowest BCUT2D eigenvalue weighted by molar-refractivity contribution is 0.0559. The summed E-state index contributed by atoms with van der Waals surface area (Å²) in [6, 6.07) is 8.63. The molecule has 3 aromatic heterocycles. The fourth-order valence-corrected chi connectivity index (χ4v) is 4.99. The SMILES string of the molecule is Cn1cc(CN2C[C@@H]3[C@@H](C2)n2cccc2C(=O)N3Cc2cccs2)cn1. The van der Waals surface area contributed by atoms with Crippen LogP contribution in [0.5, 0.6) is 0 Å². The van der Waals surface area contributed by atoms with E-state index in [4.69, 9.17) is 0 Å². The van der Waals surface area contributed by atoms with Crippen LogP contribution in [0.4, 0.5) is 0 Å². The molecule has 1 amide bonds. The second kappa shape index (κ2) is 6.10. The maximum absolute atomic E-state index is 13.1. The van der Waals surface area contributed by atoms with Crippen LogP contribution in [0.15, 0.2) is 48.2 Å². The highest BCUT2D eigenvalue weighted by molar-refractivity contribution is 7.09. The van der Waals surface area contributed by atoms with Gasteiger partial charge in [0.25, 0.3) is 5.91 Å². The first kappa shape index (κ1) is 15.8. The van der Waals surface area contributed by atoms with Crippen molar-refractivity contribution in [2.75, 3.05) is 13.1 Å². The van der Waals surface area contributed by atoms with Crippen molar-refractivity contribution in [1.29, 1.82) is 0 Å². The molecule has 2 aliphatic heterocycles. The maximum atomic E-state index is 13.1. The van der Waals surface area contributed by atoms with Gasteiger partial charge in [0.05, 0.1) is 24.8 Å². The van der Waals surface area contributed by atoms with E-state index in [1.807, 2.05) is 30.1 Å². The molecular formula is C19H21N5OS. The average Bonchev–Trinajstić information content (AvgIpc) is 3.39. The molecule has 5 rings (SSSR count). The van der Waals surface area contributed by atoms with Crippen LogP contribution in [0.2, 0.25) is 0 Å². The zero-order valence-corrected chi connectivity index (χ0v) is 15.5. The van der Waals surface area contributed by atoms with E-state index in [9.17, 15) is 4.79 Å². The second-order valence-corrected chi connectivity index (χ2v) is 8.20. The Hall–Kier alpha value is -2.38. The first-order chi connectivity index (χ1) is 12.7. The molecule has 6 nitrogen and oxygen atoms in total. The van der Waals surface area contributed by atoms with Crippen molar-refractivity contribution in [3.05, 3.63) is 64.4 Å². The van der Waals surface area contributed by atoms with Gasteiger partial charge in [-0.1, -0.05) is 6.07 Å². The van der Waals surface area contributed by atoms with Gasteiger partial charge in [-0.05, 0) is 23.6 Å². The highest BCUT2D eigenvalue weighted by Gasteiger charge is 2.44. The topological polar surface area (TPSA) is 46.3 Å². The fraction of sp³-hybridized carbons (Fsp3) is 0.368. The molecular weight excluding hydrogens is 346 g/mol. The van der Waals surface area contributed by atoms with Crippen molar-refractivity contribution in [1.82, 2.24) is 24.1 Å². The summed E-state index contributed by atoms with van der Waals surface area (Å²) in [7, 11) is 1.95. The Balaban J connectivity index is 1.44. The first-order valence-corrected chi connectivity index (χ1v) is 9.77. The lowest BCUT2D eigenvalue weighted by atomic mass is 10.1. The molecule has 2 aliphatic rings. The zero-order valence-electron chi connectivity index (χ0n) is 14.7. The predicted molar refractivity (Wildman–Crippen MR) is 99.9 cm³/mol. The van der Waals surface area contributed by atoms with E-state index in [0.717, 1.165) is 25.3 Å². The molecule has 3 aromatic rings. The number of amides is 1. The van der Waals surface area contributed by atoms with Crippen LogP contribution in [0, 0.1) is 0 Å². The van der Waals surface area contributed by atoms with Gasteiger partial charge in [0, 0.05) is 49.5 Å². The minimum atomic E-state index is 0.146. The van der Waals surface area contributed by atoms with E-state index in [2.05, 4.69) is 49.4 Å². The third-order valence-corrected chi connectivity index (χ3v) is 6.28. The molecule has 0 unspecified atom stereocenters. The monoisotopic (exact) mass is 367 g/mol. The lowest BCUT2D eigenvalue weighted by Gasteiger charge is -2.38. The number of fused-ring (bicyclic) bond motifs is 3. The number of hydrogen-bond acceptors (Lipinski definition) is 4. The normalized spacial score (nSPS) is 22.7. The molecule has 1 fully saturated rings. The fourth-order valence-electron chi connectivity index (χ4n) is 4.29. The van der Waals surface area contributed by atoms with E-state index in [0.29, 0.717) is 12.6 Å². The highest BCUT2D eigenvalue weighted by atomic mass is 32.1. The summed E-state index contributed by atoms with van der Waals surface area (Å²) in [5.41, 5.74) is 2.03. The van der Waals surface area contributed by atoms with Crippen molar-refractivity contribution in [2.45, 2.75) is 25.2 Å². The van der Waals surface area contributed by atoms with Crippen LogP contribution in [-0.2, 0) is 20.1 Å². The van der Waals surface area contributed by atoms with Crippen molar-refractivity contribution < 1.29 is 4.79 Å². The highest BCUT2D eigenvalue weighted by Crippen LogP contribution is 2.35. The Morgan fingerprint density at radius 1 is 1.19 bits per heavy atom. The largest absolute Gasteiger partial charge is 0.337 e. The predicted octanol–water partition coefficient (Wildman–Crippen LogP) is 2.36. The summed E-state index contributed by atoms with van der Waals surface area (Å²) in [6.45, 7) is 3.42. The molecule has 0 radical (unpaired) electrons. The van der Waals surface area contributed by atoms with Crippen molar-refractivity contribution in [3.63, 3.8) is 0 Å². The number of aromatic nitrogens is 3. The number of thiophene rings is 1. The van der Waals surface area contributed by atoms with Gasteiger partial charge in [-0.15, -0.1) is 11.3 Å². The summed E-state index contributed by atoms with van der Waals surface area (Å²) < 4.78 is 4.02. The lowest BCUT2D eigenvalue weighted by Crippen LogP contribution is -2.49. The molecule has 0 aliphatic carbocycles. The molecule has 7 heteroatoms. The molecule has 0 aromatic carbocycles. The van der Waals surface area contributed by atoms with Crippen LogP contribution in [0.3, 0.4) is 0 Å². The van der Waals surface area contributed by atoms with E-state index in [-0.39, 0.29) is 11.9 Å². The summed E-state index contributed by atoms with van der Waals surface area (Å²) in [5.74, 6) is 0.146. The standard InChI is InChI=1S/C19H21N5OS/c1-21-9-14(8-20-21)10-22-12-17-18(13-22)24(11-15-4-3-7-26-15)19(25)16-5-2-6-23(16)17/h2-9,17-18H,10-13H2,1H3/t17-,18-/m1/s1. The smallest absolute Gasteiger partial charge is 0.271 e. The Morgan fingerprint density at radius 3 is 2.85 bits per heavy atom. The number of aryl methyl sites for hydroxylation is 1. The number of carbonyl (C=O) groups is 1. The first-order valence-electron chi connectivity index (χ1n) is 8.89. The molecule has 0 bridgehead atoms. The van der Waals surface area contributed by atoms with E-state index in [1.165, 1.54) is 10.4 Å². The maximum Gasteiger partial charge on any atom is 0.271 e. The number of likely N-dealkylation sites (tertiary alicyclic amines) is 1. The van der Waals surface area contributed by atoms with Gasteiger partial charge in [0.15, 0.2) is 0 Å². The van der Waals surface area contributed by atoms with Crippen molar-refractivity contribution in [3.8, 4) is 0 Å². The number of rotatable bonds is 4. The Kier molecular flexibility index (Phi) is 3.72. The third kappa shape index (κ3) is 2.59. The van der Waals surface area contributed by atoms with E-state index in [1.54, 1.807) is 11.3 Å². The summed E-state index contributed by atoms with van der Waals surface area (Å²) >= 11 is 1.72. The van der Waals surface area contributed by atoms with Gasteiger partial charge in [-0.25, -0.2) is 0 Å². The Morgan fingerprint density at radius 2 is 2.08 bits per heavy atom. The minimum absolute atomic E-state index is 0.146. The Labute approximate surface area is 156 Å². The quantitative estimate of drug-likeness (QED) is 0.711. The van der Waals surface area contributed by atoms with Gasteiger partial charge < -0.3 is 9.47 Å². The summed E-state index contributed by atoms with van der Waals surface area (Å²) in [5, 5.41) is 6.35. The van der Waals surface area contributed by atoms with Crippen LogP contribution in [0.1, 0.15) is 27.0 Å². The van der Waals surface area contributed by atoms with Gasteiger partial charge in [-0.3, -0.25) is 14.4 Å². The van der Waals surface area contributed by atoms with Crippen LogP contribution < -0.4 is 0 Å². The third-order valence-electron chi connectivity index (χ3n) is 5.42. The molecule has 1 saturated heterocycles. The van der Waals surface area contributed by atoms with Crippen molar-refractivity contribution in [2.24, 2.45) is 7.05 Å². The number of carbonyl (C=O) groups excluding carboxylic acids is 1. The van der Waals surface area contributed by atoms with Gasteiger partial charge >= 0.3 is 0 Å². The molecule has 134 valence electrons. The second-order valence-electron chi connectivity index (χ2n) is 7.16. The molecule has 5 heterocycles. The Bertz CT molecular complexity index is 928. The van der Waals surface area contributed by atoms with Crippen LogP contribution in [-0.4, -0.2) is 49.2 Å². The van der Waals surface area contributed by atoms with E-state index >= 15 is 0 Å².